The summed E-state index contributed by atoms with van der Waals surface area (Å²) < 4.78 is 5.00. The topological polar surface area (TPSA) is 152 Å². The first-order chi connectivity index (χ1) is 14.1. The van der Waals surface area contributed by atoms with Crippen molar-refractivity contribution in [3.05, 3.63) is 29.3 Å². The molecule has 30 heavy (non-hydrogen) atoms. The van der Waals surface area contributed by atoms with E-state index in [2.05, 4.69) is 21.3 Å². The molecule has 1 rings (SSSR count). The Morgan fingerprint density at radius 1 is 1.17 bits per heavy atom. The molecule has 0 saturated carbocycles. The molecule has 0 heterocycles. The summed E-state index contributed by atoms with van der Waals surface area (Å²) in [4.78, 5) is 46.8. The van der Waals surface area contributed by atoms with Gasteiger partial charge in [0.1, 0.15) is 12.6 Å². The lowest BCUT2D eigenvalue weighted by Gasteiger charge is -2.21. The van der Waals surface area contributed by atoms with Gasteiger partial charge in [0.2, 0.25) is 11.8 Å². The fraction of sp³-hybridized carbons (Fsp3) is 0.500. The zero-order valence-electron chi connectivity index (χ0n) is 17.8. The van der Waals surface area contributed by atoms with Crippen LogP contribution in [0, 0.1) is 6.92 Å². The summed E-state index contributed by atoms with van der Waals surface area (Å²) in [6, 6.07) is 3.33. The van der Waals surface area contributed by atoms with Crippen LogP contribution in [0.3, 0.4) is 0 Å². The molecule has 0 aromatic heterocycles. The summed E-state index contributed by atoms with van der Waals surface area (Å²) >= 11 is 0. The summed E-state index contributed by atoms with van der Waals surface area (Å²) in [5.74, 6) is -1.06. The lowest BCUT2D eigenvalue weighted by atomic mass is 10.1. The number of urea groups is 1. The zero-order valence-corrected chi connectivity index (χ0v) is 17.8. The molecule has 10 heteroatoms. The summed E-state index contributed by atoms with van der Waals surface area (Å²) in [5, 5.41) is 10.8. The number of nitrogens with one attached hydrogen (secondary N) is 4. The van der Waals surface area contributed by atoms with Crippen LogP contribution in [0.2, 0.25) is 0 Å². The van der Waals surface area contributed by atoms with Crippen LogP contribution < -0.4 is 27.0 Å². The smallest absolute Gasteiger partial charge is 0.312 e. The summed E-state index contributed by atoms with van der Waals surface area (Å²) in [5.41, 5.74) is 7.27. The Morgan fingerprint density at radius 3 is 2.43 bits per heavy atom. The van der Waals surface area contributed by atoms with Crippen LogP contribution in [0.15, 0.2) is 18.2 Å². The van der Waals surface area contributed by atoms with Gasteiger partial charge in [-0.1, -0.05) is 6.07 Å². The number of likely N-dealkylation sites (N-methyl/N-ethyl adjacent to an activating group) is 1. The quantitative estimate of drug-likeness (QED) is 0.260. The largest absolute Gasteiger partial charge is 0.461 e. The zero-order chi connectivity index (χ0) is 22.7. The van der Waals surface area contributed by atoms with Crippen molar-refractivity contribution in [3.8, 4) is 0 Å². The molecule has 166 valence electrons. The Bertz CT molecular complexity index is 768. The molecule has 1 aromatic rings. The molecule has 6 N–H and O–H groups in total. The molecule has 0 aliphatic carbocycles. The molecular weight excluding hydrogens is 390 g/mol. The van der Waals surface area contributed by atoms with Crippen molar-refractivity contribution in [1.29, 1.82) is 0 Å². The van der Waals surface area contributed by atoms with E-state index in [9.17, 15) is 19.2 Å². The average Bonchev–Trinajstić information content (AvgIpc) is 2.68. The summed E-state index contributed by atoms with van der Waals surface area (Å²) in [6.07, 6.45) is 0.771. The minimum Gasteiger partial charge on any atom is -0.461 e. The van der Waals surface area contributed by atoms with E-state index in [1.165, 1.54) is 6.92 Å². The average molecular weight is 421 g/mol. The van der Waals surface area contributed by atoms with Crippen molar-refractivity contribution in [2.75, 3.05) is 18.9 Å². The Morgan fingerprint density at radius 2 is 1.87 bits per heavy atom. The first-order valence-corrected chi connectivity index (χ1v) is 9.68. The van der Waals surface area contributed by atoms with E-state index < -0.39 is 18.1 Å². The number of carbonyl (C=O) groups excluding carboxylic acids is 4. The predicted octanol–water partition coefficient (Wildman–Crippen LogP) is 0.538. The molecule has 10 nitrogen and oxygen atoms in total. The molecule has 0 unspecified atom stereocenters. The molecule has 1 aromatic carbocycles. The van der Waals surface area contributed by atoms with E-state index >= 15 is 0 Å². The van der Waals surface area contributed by atoms with Gasteiger partial charge in [-0.25, -0.2) is 4.79 Å². The minimum absolute atomic E-state index is 0.156. The number of carbonyl (C=O) groups is 4. The first-order valence-electron chi connectivity index (χ1n) is 9.68. The standard InChI is InChI=1S/C20H31N5O5/c1-12-10-16(8-7-15(12)11-30-14(3)26)24-19(28)17(6-5-9-23-20(21)29)25-18(27)13(2)22-4/h7-8,10,13,17,22H,5-6,9,11H2,1-4H3,(H,24,28)(H,25,27)(H3,21,23,29)/t13-,17-/m0/s1. The highest BCUT2D eigenvalue weighted by Gasteiger charge is 2.23. The molecule has 0 aliphatic heterocycles. The normalized spacial score (nSPS) is 12.4. The minimum atomic E-state index is -0.788. The van der Waals surface area contributed by atoms with Crippen molar-refractivity contribution in [3.63, 3.8) is 0 Å². The van der Waals surface area contributed by atoms with Crippen LogP contribution in [0.5, 0.6) is 0 Å². The number of benzene rings is 1. The maximum absolute atomic E-state index is 12.8. The third-order valence-corrected chi connectivity index (χ3v) is 4.47. The number of primary amides is 1. The Labute approximate surface area is 176 Å². The van der Waals surface area contributed by atoms with Crippen molar-refractivity contribution in [2.45, 2.75) is 52.3 Å². The third-order valence-electron chi connectivity index (χ3n) is 4.47. The monoisotopic (exact) mass is 421 g/mol. The van der Waals surface area contributed by atoms with Gasteiger partial charge < -0.3 is 31.7 Å². The van der Waals surface area contributed by atoms with Crippen molar-refractivity contribution < 1.29 is 23.9 Å². The molecule has 0 aliphatic rings. The Hall–Kier alpha value is -3.14. The molecule has 4 amide bonds. The number of hydrogen-bond acceptors (Lipinski definition) is 6. The van der Waals surface area contributed by atoms with Gasteiger partial charge in [0, 0.05) is 19.2 Å². The molecule has 2 atom stereocenters. The second kappa shape index (κ2) is 12.4. The van der Waals surface area contributed by atoms with Crippen LogP contribution in [-0.2, 0) is 25.7 Å². The number of amides is 4. The van der Waals surface area contributed by atoms with Crippen molar-refractivity contribution in [2.24, 2.45) is 5.73 Å². The van der Waals surface area contributed by atoms with Gasteiger partial charge in [-0.3, -0.25) is 14.4 Å². The molecule has 0 fully saturated rings. The van der Waals surface area contributed by atoms with E-state index in [-0.39, 0.29) is 24.4 Å². The predicted molar refractivity (Wildman–Crippen MR) is 113 cm³/mol. The summed E-state index contributed by atoms with van der Waals surface area (Å²) in [7, 11) is 1.65. The Kier molecular flexibility index (Phi) is 10.3. The first kappa shape index (κ1) is 24.9. The van der Waals surface area contributed by atoms with Gasteiger partial charge in [-0.05, 0) is 57.0 Å². The number of aryl methyl sites for hydroxylation is 1. The van der Waals surface area contributed by atoms with Gasteiger partial charge in [0.15, 0.2) is 0 Å². The number of ether oxygens (including phenoxy) is 1. The SMILES string of the molecule is CN[C@@H](C)C(=O)N[C@@H](CCCNC(N)=O)C(=O)Nc1ccc(COC(C)=O)c(C)c1. The van der Waals surface area contributed by atoms with E-state index in [4.69, 9.17) is 10.5 Å². The van der Waals surface area contributed by atoms with Crippen molar-refractivity contribution in [1.82, 2.24) is 16.0 Å². The fourth-order valence-corrected chi connectivity index (χ4v) is 2.56. The van der Waals surface area contributed by atoms with E-state index in [1.807, 2.05) is 6.92 Å². The maximum Gasteiger partial charge on any atom is 0.312 e. The van der Waals surface area contributed by atoms with Gasteiger partial charge in [0.05, 0.1) is 6.04 Å². The van der Waals surface area contributed by atoms with E-state index in [0.29, 0.717) is 25.1 Å². The van der Waals surface area contributed by atoms with Gasteiger partial charge in [-0.15, -0.1) is 0 Å². The number of esters is 1. The van der Waals surface area contributed by atoms with Gasteiger partial charge in [0.25, 0.3) is 0 Å². The molecule has 0 bridgehead atoms. The van der Waals surface area contributed by atoms with Crippen molar-refractivity contribution >= 4 is 29.5 Å². The Balaban J connectivity index is 2.81. The highest BCUT2D eigenvalue weighted by Crippen LogP contribution is 2.17. The molecule has 0 saturated heterocycles. The maximum atomic E-state index is 12.8. The molecule has 0 radical (unpaired) electrons. The van der Waals surface area contributed by atoms with Crippen LogP contribution >= 0.6 is 0 Å². The van der Waals surface area contributed by atoms with E-state index in [1.54, 1.807) is 32.2 Å². The second-order valence-corrected chi connectivity index (χ2v) is 6.92. The van der Waals surface area contributed by atoms with Gasteiger partial charge >= 0.3 is 12.0 Å². The fourth-order valence-electron chi connectivity index (χ4n) is 2.56. The number of anilines is 1. The lowest BCUT2D eigenvalue weighted by molar-refractivity contribution is -0.142. The lowest BCUT2D eigenvalue weighted by Crippen LogP contribution is -2.50. The highest BCUT2D eigenvalue weighted by atomic mass is 16.5. The number of rotatable bonds is 11. The number of hydrogen-bond donors (Lipinski definition) is 5. The second-order valence-electron chi connectivity index (χ2n) is 6.92. The number of nitrogens with two attached hydrogens (primary N) is 1. The van der Waals surface area contributed by atoms with Crippen LogP contribution in [-0.4, -0.2) is 49.5 Å². The van der Waals surface area contributed by atoms with Crippen LogP contribution in [0.25, 0.3) is 0 Å². The third kappa shape index (κ3) is 8.91. The van der Waals surface area contributed by atoms with Gasteiger partial charge in [-0.2, -0.15) is 0 Å². The van der Waals surface area contributed by atoms with E-state index in [0.717, 1.165) is 11.1 Å². The summed E-state index contributed by atoms with van der Waals surface area (Å²) in [6.45, 7) is 5.32. The molecule has 0 spiro atoms. The highest BCUT2D eigenvalue weighted by molar-refractivity contribution is 5.97. The van der Waals surface area contributed by atoms with Crippen LogP contribution in [0.4, 0.5) is 10.5 Å². The van der Waals surface area contributed by atoms with Crippen LogP contribution in [0.1, 0.15) is 37.8 Å². The molecular formula is C20H31N5O5.